The van der Waals surface area contributed by atoms with Crippen LogP contribution in [-0.4, -0.2) is 23.6 Å². The van der Waals surface area contributed by atoms with Crippen molar-refractivity contribution in [3.63, 3.8) is 0 Å². The van der Waals surface area contributed by atoms with Crippen LogP contribution in [0.1, 0.15) is 12.0 Å². The molecule has 3 aromatic rings. The van der Waals surface area contributed by atoms with Gasteiger partial charge in [0.25, 0.3) is 0 Å². The smallest absolute Gasteiger partial charge is 0.238 e. The molecular weight excluding hydrogens is 571 g/mol. The molecule has 8 heteroatoms. The van der Waals surface area contributed by atoms with E-state index in [9.17, 15) is 19.2 Å². The highest BCUT2D eigenvalue weighted by atomic mass is 35.5. The molecule has 9 rings (SSSR count). The van der Waals surface area contributed by atoms with Gasteiger partial charge in [0.2, 0.25) is 23.6 Å². The van der Waals surface area contributed by atoms with Gasteiger partial charge in [0.15, 0.2) is 0 Å². The molecule has 2 saturated heterocycles. The van der Waals surface area contributed by atoms with Crippen LogP contribution in [0.15, 0.2) is 96.6 Å². The van der Waals surface area contributed by atoms with E-state index in [2.05, 4.69) is 6.08 Å². The lowest BCUT2D eigenvalue weighted by Gasteiger charge is -2.51. The Morgan fingerprint density at radius 1 is 0.571 bits per heavy atom. The molecule has 2 bridgehead atoms. The van der Waals surface area contributed by atoms with Gasteiger partial charge >= 0.3 is 0 Å². The molecule has 2 heterocycles. The molecule has 0 radical (unpaired) electrons. The number of imide groups is 2. The van der Waals surface area contributed by atoms with Gasteiger partial charge in [0.1, 0.15) is 0 Å². The summed E-state index contributed by atoms with van der Waals surface area (Å²) in [4.78, 5) is 58.9. The first-order chi connectivity index (χ1) is 20.3. The van der Waals surface area contributed by atoms with Gasteiger partial charge in [-0.3, -0.25) is 29.0 Å². The molecule has 0 aromatic heterocycles. The number of halogens is 2. The Kier molecular flexibility index (Phi) is 5.66. The predicted molar refractivity (Wildman–Crippen MR) is 159 cm³/mol. The van der Waals surface area contributed by atoms with Gasteiger partial charge in [-0.05, 0) is 72.0 Å². The van der Waals surface area contributed by atoms with Gasteiger partial charge in [-0.2, -0.15) is 0 Å². The monoisotopic (exact) mass is 594 g/mol. The summed E-state index contributed by atoms with van der Waals surface area (Å²) in [6.07, 6.45) is 4.46. The van der Waals surface area contributed by atoms with E-state index in [1.165, 1.54) is 9.80 Å². The number of carbonyl (C=O) groups is 4. The standard InChI is InChI=1S/C34H24Cl2N2O4/c35-18-6-10-20(11-7-18)37-31(39)25-16-24(17-4-2-1-3-5-17)26-22-14-15-23(27(26)30(25)34(37)42)29-28(22)32(40)38(33(29)41)21-12-8-19(36)9-13-21/h1-15,22-23,25,27-30H,16H2/t22-,23+,25-,27+,28-,29-,30+/m1/s1. The fraction of sp³-hybridized carbons (Fsp3) is 0.235. The molecule has 7 atom stereocenters. The van der Waals surface area contributed by atoms with E-state index in [-0.39, 0.29) is 35.5 Å². The molecule has 2 aliphatic heterocycles. The third kappa shape index (κ3) is 3.45. The number of benzene rings is 3. The first-order valence-electron chi connectivity index (χ1n) is 14.1. The Labute approximate surface area is 252 Å². The lowest BCUT2D eigenvalue weighted by molar-refractivity contribution is -0.129. The van der Waals surface area contributed by atoms with Crippen molar-refractivity contribution in [2.75, 3.05) is 9.80 Å². The second-order valence-corrected chi connectivity index (χ2v) is 12.6. The van der Waals surface area contributed by atoms with Crippen LogP contribution in [0.4, 0.5) is 11.4 Å². The van der Waals surface area contributed by atoms with Crippen molar-refractivity contribution in [1.29, 1.82) is 0 Å². The minimum absolute atomic E-state index is 0.233. The number of amides is 4. The molecule has 3 fully saturated rings. The maximum absolute atomic E-state index is 14.2. The van der Waals surface area contributed by atoms with Crippen molar-refractivity contribution < 1.29 is 19.2 Å². The third-order valence-electron chi connectivity index (χ3n) is 9.80. The summed E-state index contributed by atoms with van der Waals surface area (Å²) in [5.41, 5.74) is 3.98. The van der Waals surface area contributed by atoms with E-state index in [4.69, 9.17) is 23.2 Å². The lowest BCUT2D eigenvalue weighted by atomic mass is 9.49. The lowest BCUT2D eigenvalue weighted by Crippen LogP contribution is -2.51. The van der Waals surface area contributed by atoms with E-state index in [0.717, 1.165) is 16.7 Å². The largest absolute Gasteiger partial charge is 0.274 e. The summed E-state index contributed by atoms with van der Waals surface area (Å²) in [5, 5.41) is 1.03. The summed E-state index contributed by atoms with van der Waals surface area (Å²) in [7, 11) is 0. The zero-order chi connectivity index (χ0) is 28.9. The first-order valence-corrected chi connectivity index (χ1v) is 14.8. The highest BCUT2D eigenvalue weighted by Crippen LogP contribution is 2.63. The molecule has 4 amide bonds. The van der Waals surface area contributed by atoms with Crippen molar-refractivity contribution in [2.24, 2.45) is 41.4 Å². The van der Waals surface area contributed by atoms with Crippen LogP contribution in [0, 0.1) is 41.4 Å². The molecule has 1 saturated carbocycles. The Hall–Kier alpha value is -4.00. The molecule has 42 heavy (non-hydrogen) atoms. The van der Waals surface area contributed by atoms with E-state index in [1.54, 1.807) is 48.5 Å². The van der Waals surface area contributed by atoms with Crippen LogP contribution in [0.2, 0.25) is 10.0 Å². The average Bonchev–Trinajstić information content (AvgIpc) is 3.43. The normalized spacial score (nSPS) is 31.1. The number of fused-ring (bicyclic) bond motifs is 1. The van der Waals surface area contributed by atoms with Crippen molar-refractivity contribution >= 4 is 63.8 Å². The van der Waals surface area contributed by atoms with Gasteiger partial charge in [-0.1, -0.05) is 71.3 Å². The van der Waals surface area contributed by atoms with Crippen LogP contribution in [0.5, 0.6) is 0 Å². The third-order valence-corrected chi connectivity index (χ3v) is 10.3. The molecule has 3 aromatic carbocycles. The zero-order valence-corrected chi connectivity index (χ0v) is 23.7. The van der Waals surface area contributed by atoms with Crippen LogP contribution < -0.4 is 9.80 Å². The summed E-state index contributed by atoms with van der Waals surface area (Å²) in [6.45, 7) is 0. The fourth-order valence-corrected chi connectivity index (χ4v) is 8.46. The number of nitrogens with zero attached hydrogens (tertiary/aromatic N) is 2. The van der Waals surface area contributed by atoms with Gasteiger partial charge in [-0.25, -0.2) is 0 Å². The number of hydrogen-bond acceptors (Lipinski definition) is 4. The van der Waals surface area contributed by atoms with Crippen LogP contribution >= 0.6 is 23.2 Å². The fourth-order valence-electron chi connectivity index (χ4n) is 8.21. The van der Waals surface area contributed by atoms with Crippen molar-refractivity contribution in [2.45, 2.75) is 6.42 Å². The van der Waals surface area contributed by atoms with Crippen LogP contribution in [0.3, 0.4) is 0 Å². The summed E-state index contributed by atoms with van der Waals surface area (Å²) < 4.78 is 0. The van der Waals surface area contributed by atoms with Gasteiger partial charge in [0, 0.05) is 21.9 Å². The number of allylic oxidation sites excluding steroid dienone is 4. The maximum atomic E-state index is 14.2. The van der Waals surface area contributed by atoms with E-state index in [1.807, 2.05) is 36.4 Å². The Balaban J connectivity index is 1.28. The molecule has 208 valence electrons. The maximum Gasteiger partial charge on any atom is 0.238 e. The Morgan fingerprint density at radius 3 is 1.74 bits per heavy atom. The molecule has 4 aliphatic carbocycles. The highest BCUT2D eigenvalue weighted by molar-refractivity contribution is 6.31. The quantitative estimate of drug-likeness (QED) is 0.267. The molecular formula is C34H24Cl2N2O4. The summed E-state index contributed by atoms with van der Waals surface area (Å²) >= 11 is 12.2. The topological polar surface area (TPSA) is 74.8 Å². The minimum atomic E-state index is -0.624. The second-order valence-electron chi connectivity index (χ2n) is 11.7. The Morgan fingerprint density at radius 2 is 1.12 bits per heavy atom. The number of rotatable bonds is 3. The van der Waals surface area contributed by atoms with Gasteiger partial charge in [-0.15, -0.1) is 0 Å². The Bertz CT molecular complexity index is 1750. The molecule has 6 nitrogen and oxygen atoms in total. The molecule has 0 unspecified atom stereocenters. The number of anilines is 2. The van der Waals surface area contributed by atoms with Gasteiger partial charge in [0.05, 0.1) is 35.0 Å². The minimum Gasteiger partial charge on any atom is -0.274 e. The zero-order valence-electron chi connectivity index (χ0n) is 22.2. The van der Waals surface area contributed by atoms with Crippen LogP contribution in [-0.2, 0) is 19.2 Å². The number of hydrogen-bond donors (Lipinski definition) is 0. The molecule has 0 N–H and O–H groups in total. The average molecular weight is 595 g/mol. The van der Waals surface area contributed by atoms with Crippen LogP contribution in [0.25, 0.3) is 5.57 Å². The molecule has 0 spiro atoms. The van der Waals surface area contributed by atoms with E-state index < -0.39 is 29.6 Å². The van der Waals surface area contributed by atoms with Crippen molar-refractivity contribution in [3.8, 4) is 0 Å². The predicted octanol–water partition coefficient (Wildman–Crippen LogP) is 6.19. The van der Waals surface area contributed by atoms with E-state index >= 15 is 0 Å². The van der Waals surface area contributed by atoms with Gasteiger partial charge < -0.3 is 0 Å². The summed E-state index contributed by atoms with van der Waals surface area (Å²) in [6, 6.07) is 23.3. The second kappa shape index (κ2) is 9.25. The first kappa shape index (κ1) is 25.7. The number of carbonyl (C=O) groups excluding carboxylic acids is 4. The van der Waals surface area contributed by atoms with E-state index in [0.29, 0.717) is 27.8 Å². The SMILES string of the molecule is O=C1[C@@H]2[C@H]3C=C[C@H](C4=C(c5ccccc5)C[C@H]5C(=O)N(c6ccc(Cl)cc6)C(=O)[C@@H]5[C@H]43)[C@H]2C(=O)N1c1ccc(Cl)cc1. The van der Waals surface area contributed by atoms with Crippen molar-refractivity contribution in [3.05, 3.63) is 112 Å². The highest BCUT2D eigenvalue weighted by Gasteiger charge is 2.67. The summed E-state index contributed by atoms with van der Waals surface area (Å²) in [5.74, 6) is -4.47. The molecule has 6 aliphatic rings. The van der Waals surface area contributed by atoms with Crippen molar-refractivity contribution in [1.82, 2.24) is 0 Å².